The molecule has 0 unspecified atom stereocenters. The molecule has 3 amide bonds. The Bertz CT molecular complexity index is 1280. The van der Waals surface area contributed by atoms with Crippen LogP contribution in [0.5, 0.6) is 0 Å². The molecule has 1 aliphatic rings. The van der Waals surface area contributed by atoms with Crippen molar-refractivity contribution in [2.45, 2.75) is 33.7 Å². The van der Waals surface area contributed by atoms with E-state index in [-0.39, 0.29) is 17.3 Å². The number of aryl methyl sites for hydroxylation is 3. The molecule has 8 nitrogen and oxygen atoms in total. The molecule has 0 radical (unpaired) electrons. The highest BCUT2D eigenvalue weighted by atomic mass is 16.6. The Hall–Kier alpha value is -4.20. The maximum atomic E-state index is 13.4. The minimum absolute atomic E-state index is 0.112. The van der Waals surface area contributed by atoms with E-state index < -0.39 is 10.8 Å². The molecule has 8 heteroatoms. The molecule has 1 heterocycles. The normalized spacial score (nSPS) is 13.6. The molecule has 0 aliphatic carbocycles. The van der Waals surface area contributed by atoms with Crippen molar-refractivity contribution in [1.82, 2.24) is 4.90 Å². The van der Waals surface area contributed by atoms with Gasteiger partial charge in [0.25, 0.3) is 11.6 Å². The first-order valence-corrected chi connectivity index (χ1v) is 11.5. The van der Waals surface area contributed by atoms with Gasteiger partial charge in [-0.2, -0.15) is 0 Å². The topological polar surface area (TPSA) is 95.8 Å². The highest BCUT2D eigenvalue weighted by Gasteiger charge is 2.29. The first-order chi connectivity index (χ1) is 16.7. The smallest absolute Gasteiger partial charge is 0.320 e. The standard InChI is InChI=1S/C27H28N4O4/c1-18-13-19(2)15-21(14-18)17-29-11-6-12-30(27(29)33)24-8-5-4-7-23(24)28-26(32)22-10-9-20(3)25(16-22)31(34)35/h4-5,7-10,13-16H,6,11-12,17H2,1-3H3,(H,28,32). The highest BCUT2D eigenvalue weighted by molar-refractivity contribution is 6.08. The first kappa shape index (κ1) is 23.9. The van der Waals surface area contributed by atoms with Gasteiger partial charge < -0.3 is 10.2 Å². The van der Waals surface area contributed by atoms with E-state index in [2.05, 4.69) is 23.5 Å². The molecule has 0 aromatic heterocycles. The van der Waals surface area contributed by atoms with Gasteiger partial charge in [-0.1, -0.05) is 47.5 Å². The second-order valence-electron chi connectivity index (χ2n) is 8.93. The molecule has 3 aromatic rings. The third-order valence-corrected chi connectivity index (χ3v) is 6.08. The van der Waals surface area contributed by atoms with Gasteiger partial charge in [-0.25, -0.2) is 4.79 Å². The highest BCUT2D eigenvalue weighted by Crippen LogP contribution is 2.30. The minimum atomic E-state index is -0.503. The predicted molar refractivity (Wildman–Crippen MR) is 136 cm³/mol. The lowest BCUT2D eigenvalue weighted by atomic mass is 10.1. The summed E-state index contributed by atoms with van der Waals surface area (Å²) in [4.78, 5) is 40.6. The van der Waals surface area contributed by atoms with Crippen molar-refractivity contribution in [3.8, 4) is 0 Å². The van der Waals surface area contributed by atoms with Gasteiger partial charge in [0.2, 0.25) is 0 Å². The van der Waals surface area contributed by atoms with Gasteiger partial charge in [-0.05, 0) is 51.0 Å². The summed E-state index contributed by atoms with van der Waals surface area (Å²) >= 11 is 0. The second kappa shape index (κ2) is 9.97. The van der Waals surface area contributed by atoms with Crippen molar-refractivity contribution >= 4 is 29.0 Å². The number of carbonyl (C=O) groups excluding carboxylic acids is 2. The maximum Gasteiger partial charge on any atom is 0.324 e. The number of para-hydroxylation sites is 2. The Morgan fingerprint density at radius 1 is 1.00 bits per heavy atom. The Balaban J connectivity index is 1.56. The van der Waals surface area contributed by atoms with E-state index in [1.165, 1.54) is 6.07 Å². The summed E-state index contributed by atoms with van der Waals surface area (Å²) in [6.45, 7) is 7.42. The minimum Gasteiger partial charge on any atom is -0.320 e. The lowest BCUT2D eigenvalue weighted by Gasteiger charge is -2.36. The number of hydrogen-bond acceptors (Lipinski definition) is 4. The fourth-order valence-corrected chi connectivity index (χ4v) is 4.49. The van der Waals surface area contributed by atoms with Crippen LogP contribution < -0.4 is 10.2 Å². The van der Waals surface area contributed by atoms with Crippen LogP contribution in [-0.2, 0) is 6.54 Å². The Morgan fingerprint density at radius 2 is 1.71 bits per heavy atom. The monoisotopic (exact) mass is 472 g/mol. The van der Waals surface area contributed by atoms with Crippen LogP contribution in [0.2, 0.25) is 0 Å². The molecule has 0 bridgehead atoms. The van der Waals surface area contributed by atoms with E-state index >= 15 is 0 Å². The summed E-state index contributed by atoms with van der Waals surface area (Å²) in [7, 11) is 0. The van der Waals surface area contributed by atoms with E-state index in [1.807, 2.05) is 24.8 Å². The van der Waals surface area contributed by atoms with Gasteiger partial charge in [-0.15, -0.1) is 0 Å². The number of carbonyl (C=O) groups is 2. The zero-order chi connectivity index (χ0) is 25.1. The molecule has 1 saturated heterocycles. The van der Waals surface area contributed by atoms with Gasteiger partial charge in [0.1, 0.15) is 0 Å². The van der Waals surface area contributed by atoms with Gasteiger partial charge in [0, 0.05) is 36.8 Å². The number of hydrogen-bond donors (Lipinski definition) is 1. The Kier molecular flexibility index (Phi) is 6.82. The summed E-state index contributed by atoms with van der Waals surface area (Å²) in [5.74, 6) is -0.475. The molecule has 4 rings (SSSR count). The number of nitrogens with zero attached hydrogens (tertiary/aromatic N) is 3. The van der Waals surface area contributed by atoms with Crippen molar-refractivity contribution < 1.29 is 14.5 Å². The van der Waals surface area contributed by atoms with Crippen LogP contribution in [-0.4, -0.2) is 34.9 Å². The number of benzene rings is 3. The molecular weight excluding hydrogens is 444 g/mol. The zero-order valence-electron chi connectivity index (χ0n) is 20.1. The van der Waals surface area contributed by atoms with Crippen LogP contribution in [0.15, 0.2) is 60.7 Å². The number of anilines is 2. The van der Waals surface area contributed by atoms with Crippen LogP contribution in [0.1, 0.15) is 39.0 Å². The molecule has 180 valence electrons. The fraction of sp³-hybridized carbons (Fsp3) is 0.259. The molecule has 0 saturated carbocycles. The van der Waals surface area contributed by atoms with Crippen molar-refractivity contribution in [2.24, 2.45) is 0 Å². The maximum absolute atomic E-state index is 13.4. The van der Waals surface area contributed by atoms with E-state index in [0.29, 0.717) is 36.6 Å². The average molecular weight is 473 g/mol. The fourth-order valence-electron chi connectivity index (χ4n) is 4.49. The van der Waals surface area contributed by atoms with E-state index in [9.17, 15) is 19.7 Å². The summed E-state index contributed by atoms with van der Waals surface area (Å²) in [6, 6.07) is 17.7. The number of rotatable bonds is 6. The van der Waals surface area contributed by atoms with Crippen LogP contribution in [0.25, 0.3) is 0 Å². The lowest BCUT2D eigenvalue weighted by Crippen LogP contribution is -2.49. The van der Waals surface area contributed by atoms with Crippen molar-refractivity contribution in [1.29, 1.82) is 0 Å². The molecule has 1 fully saturated rings. The summed E-state index contributed by atoms with van der Waals surface area (Å²) < 4.78 is 0. The summed E-state index contributed by atoms with van der Waals surface area (Å²) in [5.41, 5.74) is 5.02. The lowest BCUT2D eigenvalue weighted by molar-refractivity contribution is -0.385. The van der Waals surface area contributed by atoms with Crippen LogP contribution >= 0.6 is 0 Å². The van der Waals surface area contributed by atoms with Gasteiger partial charge in [-0.3, -0.25) is 19.8 Å². The third-order valence-electron chi connectivity index (χ3n) is 6.08. The quantitative estimate of drug-likeness (QED) is 0.373. The first-order valence-electron chi connectivity index (χ1n) is 11.5. The summed E-state index contributed by atoms with van der Waals surface area (Å²) in [5, 5.41) is 14.1. The van der Waals surface area contributed by atoms with Crippen LogP contribution in [0.3, 0.4) is 0 Å². The van der Waals surface area contributed by atoms with Crippen LogP contribution in [0, 0.1) is 30.9 Å². The molecular formula is C27H28N4O4. The van der Waals surface area contributed by atoms with Gasteiger partial charge in [0.15, 0.2) is 0 Å². The van der Waals surface area contributed by atoms with Crippen LogP contribution in [0.4, 0.5) is 21.9 Å². The third kappa shape index (κ3) is 5.32. The van der Waals surface area contributed by atoms with E-state index in [0.717, 1.165) is 23.1 Å². The molecule has 1 N–H and O–H groups in total. The predicted octanol–water partition coefficient (Wildman–Crippen LogP) is 5.60. The largest absolute Gasteiger partial charge is 0.324 e. The number of amides is 3. The molecule has 3 aromatic carbocycles. The number of nitrogens with one attached hydrogen (secondary N) is 1. The van der Waals surface area contributed by atoms with Crippen molar-refractivity contribution in [3.05, 3.63) is 98.6 Å². The molecule has 0 spiro atoms. The second-order valence-corrected chi connectivity index (χ2v) is 8.93. The number of nitro groups is 1. The zero-order valence-corrected chi connectivity index (χ0v) is 20.1. The number of urea groups is 1. The Labute approximate surface area is 204 Å². The van der Waals surface area contributed by atoms with Crippen molar-refractivity contribution in [2.75, 3.05) is 23.3 Å². The molecule has 35 heavy (non-hydrogen) atoms. The van der Waals surface area contributed by atoms with Gasteiger partial charge in [0.05, 0.1) is 16.3 Å². The van der Waals surface area contributed by atoms with Gasteiger partial charge >= 0.3 is 6.03 Å². The van der Waals surface area contributed by atoms with E-state index in [1.54, 1.807) is 42.2 Å². The number of nitro benzene ring substituents is 1. The van der Waals surface area contributed by atoms with Crippen molar-refractivity contribution in [3.63, 3.8) is 0 Å². The Morgan fingerprint density at radius 3 is 2.43 bits per heavy atom. The summed E-state index contributed by atoms with van der Waals surface area (Å²) in [6.07, 6.45) is 0.795. The SMILES string of the molecule is Cc1cc(C)cc(CN2CCCN(c3ccccc3NC(=O)c3ccc(C)c([N+](=O)[O-])c3)C2=O)c1. The molecule has 1 aliphatic heterocycles. The van der Waals surface area contributed by atoms with E-state index in [4.69, 9.17) is 0 Å². The molecule has 0 atom stereocenters. The average Bonchev–Trinajstić information content (AvgIpc) is 2.80.